The molecule has 164 valence electrons. The maximum Gasteiger partial charge on any atom is 0.264 e. The van der Waals surface area contributed by atoms with Crippen LogP contribution in [-0.4, -0.2) is 30.0 Å². The Morgan fingerprint density at radius 2 is 1.66 bits per heavy atom. The van der Waals surface area contributed by atoms with Crippen molar-refractivity contribution in [2.45, 2.75) is 24.2 Å². The average molecular weight is 469 g/mol. The van der Waals surface area contributed by atoms with E-state index in [4.69, 9.17) is 16.3 Å². The van der Waals surface area contributed by atoms with Crippen molar-refractivity contribution in [3.05, 3.63) is 83.6 Å². The van der Waals surface area contributed by atoms with Gasteiger partial charge in [-0.3, -0.25) is 9.71 Å². The lowest BCUT2D eigenvalue weighted by atomic mass is 9.87. The highest BCUT2D eigenvalue weighted by Crippen LogP contribution is 2.30. The van der Waals surface area contributed by atoms with Gasteiger partial charge in [0.1, 0.15) is 4.90 Å². The van der Waals surface area contributed by atoms with Crippen molar-refractivity contribution in [1.29, 1.82) is 0 Å². The summed E-state index contributed by atoms with van der Waals surface area (Å²) < 4.78 is 34.5. The normalized spacial score (nSPS) is 12.0. The topological polar surface area (TPSA) is 94.1 Å². The molecule has 2 aromatic carbocycles. The van der Waals surface area contributed by atoms with Crippen molar-refractivity contribution in [1.82, 2.24) is 15.0 Å². The molecule has 7 nitrogen and oxygen atoms in total. The second-order valence-electron chi connectivity index (χ2n) is 7.82. The number of anilines is 1. The third-order valence-electron chi connectivity index (χ3n) is 4.91. The molecule has 9 heteroatoms. The van der Waals surface area contributed by atoms with E-state index in [0.29, 0.717) is 11.0 Å². The van der Waals surface area contributed by atoms with Gasteiger partial charge in [-0.15, -0.1) is 0 Å². The number of halogens is 1. The van der Waals surface area contributed by atoms with Crippen molar-refractivity contribution in [2.75, 3.05) is 11.3 Å². The minimum atomic E-state index is -4.02. The van der Waals surface area contributed by atoms with Crippen LogP contribution in [0.5, 0.6) is 5.88 Å². The van der Waals surface area contributed by atoms with Gasteiger partial charge in [0.2, 0.25) is 5.82 Å². The fourth-order valence-electron chi connectivity index (χ4n) is 3.09. The summed E-state index contributed by atoms with van der Waals surface area (Å²) in [6.45, 7) is 4.24. The first-order valence-electron chi connectivity index (χ1n) is 9.84. The lowest BCUT2D eigenvalue weighted by Gasteiger charge is -2.25. The Morgan fingerprint density at radius 1 is 0.969 bits per heavy atom. The maximum atomic E-state index is 13.0. The SMILES string of the molecule is CC(C)(COc1nc2ccccc2nc1NS(=O)(=O)c1ccccc1Cl)c1cccnc1. The van der Waals surface area contributed by atoms with Crippen molar-refractivity contribution >= 4 is 38.5 Å². The summed E-state index contributed by atoms with van der Waals surface area (Å²) >= 11 is 6.11. The van der Waals surface area contributed by atoms with Gasteiger partial charge < -0.3 is 4.74 Å². The number of pyridine rings is 1. The lowest BCUT2D eigenvalue weighted by molar-refractivity contribution is 0.233. The first kappa shape index (κ1) is 22.0. The molecule has 32 heavy (non-hydrogen) atoms. The Bertz CT molecular complexity index is 1360. The zero-order valence-electron chi connectivity index (χ0n) is 17.5. The number of fused-ring (bicyclic) bond motifs is 1. The van der Waals surface area contributed by atoms with Gasteiger partial charge in [-0.25, -0.2) is 18.4 Å². The molecular formula is C23H21ClN4O3S. The monoisotopic (exact) mass is 468 g/mol. The summed E-state index contributed by atoms with van der Waals surface area (Å²) in [4.78, 5) is 13.1. The Balaban J connectivity index is 1.70. The second kappa shape index (κ2) is 8.72. The Hall–Kier alpha value is -3.23. The van der Waals surface area contributed by atoms with Crippen molar-refractivity contribution < 1.29 is 13.2 Å². The van der Waals surface area contributed by atoms with Gasteiger partial charge >= 0.3 is 0 Å². The predicted octanol–water partition coefficient (Wildman–Crippen LogP) is 4.84. The third-order valence-corrected chi connectivity index (χ3v) is 6.75. The quantitative estimate of drug-likeness (QED) is 0.417. The van der Waals surface area contributed by atoms with E-state index in [9.17, 15) is 8.42 Å². The van der Waals surface area contributed by atoms with Crippen LogP contribution in [0, 0.1) is 0 Å². The van der Waals surface area contributed by atoms with Gasteiger partial charge in [0.25, 0.3) is 15.9 Å². The zero-order chi connectivity index (χ0) is 22.8. The van der Waals surface area contributed by atoms with Crippen LogP contribution >= 0.6 is 11.6 Å². The van der Waals surface area contributed by atoms with E-state index in [1.165, 1.54) is 12.1 Å². The smallest absolute Gasteiger partial charge is 0.264 e. The van der Waals surface area contributed by atoms with Crippen molar-refractivity contribution in [3.8, 4) is 5.88 Å². The van der Waals surface area contributed by atoms with E-state index in [0.717, 1.165) is 5.56 Å². The minimum absolute atomic E-state index is 0.00870. The third kappa shape index (κ3) is 4.66. The van der Waals surface area contributed by atoms with Crippen LogP contribution in [0.4, 0.5) is 5.82 Å². The van der Waals surface area contributed by atoms with Crippen LogP contribution in [0.15, 0.2) is 78.0 Å². The molecule has 0 fully saturated rings. The van der Waals surface area contributed by atoms with Crippen molar-refractivity contribution in [3.63, 3.8) is 0 Å². The summed E-state index contributed by atoms with van der Waals surface area (Å²) in [6.07, 6.45) is 3.48. The fourth-order valence-corrected chi connectivity index (χ4v) is 4.61. The number of para-hydroxylation sites is 2. The average Bonchev–Trinajstić information content (AvgIpc) is 2.78. The minimum Gasteiger partial charge on any atom is -0.474 e. The molecule has 0 bridgehead atoms. The molecule has 0 aliphatic heterocycles. The number of hydrogen-bond donors (Lipinski definition) is 1. The maximum absolute atomic E-state index is 13.0. The van der Waals surface area contributed by atoms with Crippen LogP contribution in [0.3, 0.4) is 0 Å². The van der Waals surface area contributed by atoms with Gasteiger partial charge in [-0.1, -0.05) is 55.8 Å². The molecule has 0 atom stereocenters. The second-order valence-corrected chi connectivity index (χ2v) is 9.87. The van der Waals surface area contributed by atoms with Crippen LogP contribution in [0.1, 0.15) is 19.4 Å². The number of aromatic nitrogens is 3. The molecule has 0 aliphatic carbocycles. The molecule has 2 heterocycles. The van der Waals surface area contributed by atoms with Gasteiger partial charge in [0.05, 0.1) is 22.7 Å². The van der Waals surface area contributed by atoms with E-state index in [1.54, 1.807) is 42.7 Å². The van der Waals surface area contributed by atoms with Crippen molar-refractivity contribution in [2.24, 2.45) is 0 Å². The van der Waals surface area contributed by atoms with Gasteiger partial charge in [-0.2, -0.15) is 0 Å². The first-order chi connectivity index (χ1) is 15.3. The van der Waals surface area contributed by atoms with Gasteiger partial charge in [0, 0.05) is 17.8 Å². The molecule has 2 aromatic heterocycles. The molecular weight excluding hydrogens is 448 g/mol. The van der Waals surface area contributed by atoms with E-state index in [2.05, 4.69) is 19.7 Å². The van der Waals surface area contributed by atoms with Crippen LogP contribution in [-0.2, 0) is 15.4 Å². The summed E-state index contributed by atoms with van der Waals surface area (Å²) in [6, 6.07) is 17.2. The first-order valence-corrected chi connectivity index (χ1v) is 11.7. The predicted molar refractivity (Wildman–Crippen MR) is 125 cm³/mol. The van der Waals surface area contributed by atoms with Crippen LogP contribution < -0.4 is 9.46 Å². The fraction of sp³-hybridized carbons (Fsp3) is 0.174. The van der Waals surface area contributed by atoms with Gasteiger partial charge in [0.15, 0.2) is 0 Å². The number of nitrogens with zero attached hydrogens (tertiary/aromatic N) is 3. The summed E-state index contributed by atoms with van der Waals surface area (Å²) in [5.41, 5.74) is 1.69. The zero-order valence-corrected chi connectivity index (χ0v) is 19.1. The van der Waals surface area contributed by atoms with Gasteiger partial charge in [-0.05, 0) is 35.9 Å². The van der Waals surface area contributed by atoms with Crippen LogP contribution in [0.25, 0.3) is 11.0 Å². The van der Waals surface area contributed by atoms with E-state index in [1.807, 2.05) is 32.0 Å². The summed E-state index contributed by atoms with van der Waals surface area (Å²) in [7, 11) is -4.02. The molecule has 4 aromatic rings. The molecule has 1 N–H and O–H groups in total. The molecule has 0 radical (unpaired) electrons. The summed E-state index contributed by atoms with van der Waals surface area (Å²) in [5, 5.41) is 0.105. The Kier molecular flexibility index (Phi) is 5.99. The Labute approximate surface area is 191 Å². The number of nitrogens with one attached hydrogen (secondary N) is 1. The highest BCUT2D eigenvalue weighted by Gasteiger charge is 2.25. The molecule has 0 unspecified atom stereocenters. The van der Waals surface area contributed by atoms with E-state index in [-0.39, 0.29) is 28.2 Å². The molecule has 4 rings (SSSR count). The Morgan fingerprint density at radius 3 is 2.34 bits per heavy atom. The van der Waals surface area contributed by atoms with Crippen LogP contribution in [0.2, 0.25) is 5.02 Å². The number of hydrogen-bond acceptors (Lipinski definition) is 6. The number of benzene rings is 2. The lowest BCUT2D eigenvalue weighted by Crippen LogP contribution is -2.27. The van der Waals surface area contributed by atoms with E-state index >= 15 is 0 Å². The standard InChI is InChI=1S/C23H21ClN4O3S/c1-23(2,16-8-7-13-25-14-16)15-31-22-21(26-18-10-4-5-11-19(18)27-22)28-32(29,30)20-12-6-3-9-17(20)24/h3-14H,15H2,1-2H3,(H,26,28). The molecule has 0 saturated heterocycles. The number of ether oxygens (including phenoxy) is 1. The highest BCUT2D eigenvalue weighted by atomic mass is 35.5. The van der Waals surface area contributed by atoms with E-state index < -0.39 is 15.4 Å². The summed E-state index contributed by atoms with van der Waals surface area (Å²) in [5.74, 6) is 0.0712. The largest absolute Gasteiger partial charge is 0.474 e. The molecule has 0 aliphatic rings. The molecule has 0 spiro atoms. The number of sulfonamides is 1. The molecule has 0 saturated carbocycles. The highest BCUT2D eigenvalue weighted by molar-refractivity contribution is 7.92. The number of rotatable bonds is 7. The molecule has 0 amide bonds.